The first-order valence-corrected chi connectivity index (χ1v) is 8.61. The zero-order valence-corrected chi connectivity index (χ0v) is 14.4. The minimum absolute atomic E-state index is 0.177. The monoisotopic (exact) mass is 419 g/mol. The summed E-state index contributed by atoms with van der Waals surface area (Å²) in [7, 11) is -2.09. The molecule has 0 aromatic heterocycles. The van der Waals surface area contributed by atoms with Gasteiger partial charge in [0.2, 0.25) is 0 Å². The average molecular weight is 421 g/mol. The van der Waals surface area contributed by atoms with Gasteiger partial charge in [-0.1, -0.05) is 15.9 Å². The fourth-order valence-electron chi connectivity index (χ4n) is 1.56. The first-order chi connectivity index (χ1) is 9.42. The van der Waals surface area contributed by atoms with Gasteiger partial charge in [0.05, 0.1) is 7.11 Å². The molecule has 0 fully saturated rings. The van der Waals surface area contributed by atoms with Gasteiger partial charge in [-0.05, 0) is 58.4 Å². The van der Waals surface area contributed by atoms with Gasteiger partial charge in [0, 0.05) is 14.6 Å². The van der Waals surface area contributed by atoms with Crippen molar-refractivity contribution in [1.82, 2.24) is 0 Å². The van der Waals surface area contributed by atoms with E-state index < -0.39 is 10.0 Å². The average Bonchev–Trinajstić information content (AvgIpc) is 2.38. The molecular weight excluding hydrogens is 410 g/mol. The highest BCUT2D eigenvalue weighted by Crippen LogP contribution is 2.27. The quantitative estimate of drug-likeness (QED) is 0.812. The number of nitrogens with one attached hydrogen (secondary N) is 1. The molecule has 0 aliphatic rings. The van der Waals surface area contributed by atoms with Crippen LogP contribution in [-0.2, 0) is 10.0 Å². The number of sulfonamides is 1. The van der Waals surface area contributed by atoms with Gasteiger partial charge in [-0.2, -0.15) is 0 Å². The molecule has 0 bridgehead atoms. The van der Waals surface area contributed by atoms with E-state index in [-0.39, 0.29) is 4.90 Å². The number of anilines is 1. The molecule has 0 heterocycles. The molecule has 0 atom stereocenters. The summed E-state index contributed by atoms with van der Waals surface area (Å²) in [6, 6.07) is 11.5. The summed E-state index contributed by atoms with van der Waals surface area (Å²) in [4.78, 5) is 0.177. The largest absolute Gasteiger partial charge is 0.497 e. The second kappa shape index (κ2) is 6.15. The summed E-state index contributed by atoms with van der Waals surface area (Å²) in [5, 5.41) is 0. The van der Waals surface area contributed by atoms with Crippen LogP contribution >= 0.6 is 31.9 Å². The molecule has 2 rings (SSSR count). The van der Waals surface area contributed by atoms with Crippen LogP contribution in [0, 0.1) is 0 Å². The van der Waals surface area contributed by atoms with E-state index in [0.29, 0.717) is 15.9 Å². The highest BCUT2D eigenvalue weighted by molar-refractivity contribution is 9.11. The van der Waals surface area contributed by atoms with Crippen molar-refractivity contribution in [2.45, 2.75) is 4.90 Å². The highest BCUT2D eigenvalue weighted by atomic mass is 79.9. The van der Waals surface area contributed by atoms with Gasteiger partial charge >= 0.3 is 0 Å². The van der Waals surface area contributed by atoms with E-state index in [1.165, 1.54) is 6.07 Å². The maximum atomic E-state index is 12.3. The molecule has 0 saturated carbocycles. The Kier molecular flexibility index (Phi) is 4.72. The van der Waals surface area contributed by atoms with Crippen molar-refractivity contribution < 1.29 is 13.2 Å². The molecule has 20 heavy (non-hydrogen) atoms. The van der Waals surface area contributed by atoms with Crippen molar-refractivity contribution in [2.75, 3.05) is 11.8 Å². The molecule has 0 radical (unpaired) electrons. The third-order valence-electron chi connectivity index (χ3n) is 2.53. The summed E-state index contributed by atoms with van der Waals surface area (Å²) in [6.07, 6.45) is 0. The lowest BCUT2D eigenvalue weighted by Gasteiger charge is -2.10. The van der Waals surface area contributed by atoms with Gasteiger partial charge in [0.1, 0.15) is 10.6 Å². The van der Waals surface area contributed by atoms with E-state index in [4.69, 9.17) is 4.74 Å². The van der Waals surface area contributed by atoms with Gasteiger partial charge in [0.15, 0.2) is 0 Å². The van der Waals surface area contributed by atoms with Gasteiger partial charge in [-0.15, -0.1) is 0 Å². The number of methoxy groups -OCH3 is 1. The fraction of sp³-hybridized carbons (Fsp3) is 0.0769. The molecule has 106 valence electrons. The van der Waals surface area contributed by atoms with Crippen LogP contribution in [0.5, 0.6) is 5.75 Å². The number of ether oxygens (including phenoxy) is 1. The lowest BCUT2D eigenvalue weighted by Crippen LogP contribution is -2.13. The molecule has 7 heteroatoms. The Morgan fingerprint density at radius 3 is 2.25 bits per heavy atom. The van der Waals surface area contributed by atoms with Gasteiger partial charge in [-0.25, -0.2) is 8.42 Å². The van der Waals surface area contributed by atoms with Crippen LogP contribution in [0.2, 0.25) is 0 Å². The smallest absolute Gasteiger partial charge is 0.263 e. The molecule has 0 unspecified atom stereocenters. The molecule has 0 saturated heterocycles. The molecule has 0 aliphatic heterocycles. The molecule has 4 nitrogen and oxygen atoms in total. The Labute approximate surface area is 134 Å². The summed E-state index contributed by atoms with van der Waals surface area (Å²) < 4.78 is 33.4. The lowest BCUT2D eigenvalue weighted by atomic mass is 10.3. The fourth-order valence-corrected chi connectivity index (χ4v) is 4.37. The molecule has 2 aromatic carbocycles. The Morgan fingerprint density at radius 1 is 1.05 bits per heavy atom. The molecule has 1 N–H and O–H groups in total. The molecule has 0 amide bonds. The molecule has 0 spiro atoms. The van der Waals surface area contributed by atoms with Crippen molar-refractivity contribution in [1.29, 1.82) is 0 Å². The Hall–Kier alpha value is -1.05. The zero-order chi connectivity index (χ0) is 14.8. The van der Waals surface area contributed by atoms with E-state index in [1.54, 1.807) is 43.5 Å². The van der Waals surface area contributed by atoms with E-state index in [1.807, 2.05) is 0 Å². The summed E-state index contributed by atoms with van der Waals surface area (Å²) in [6.45, 7) is 0. The molecule has 0 aliphatic carbocycles. The van der Waals surface area contributed by atoms with Gasteiger partial charge in [0.25, 0.3) is 10.0 Å². The molecule has 2 aromatic rings. The van der Waals surface area contributed by atoms with Crippen LogP contribution in [-0.4, -0.2) is 15.5 Å². The van der Waals surface area contributed by atoms with Crippen LogP contribution in [0.15, 0.2) is 56.3 Å². The molecular formula is C13H11Br2NO3S. The van der Waals surface area contributed by atoms with Crippen LogP contribution in [0.4, 0.5) is 5.69 Å². The van der Waals surface area contributed by atoms with E-state index in [0.717, 1.165) is 4.47 Å². The Bertz CT molecular complexity index is 715. The predicted octanol–water partition coefficient (Wildman–Crippen LogP) is 4.02. The highest BCUT2D eigenvalue weighted by Gasteiger charge is 2.17. The summed E-state index contributed by atoms with van der Waals surface area (Å²) >= 11 is 6.54. The minimum atomic E-state index is -3.64. The van der Waals surface area contributed by atoms with Crippen molar-refractivity contribution in [2.24, 2.45) is 0 Å². The number of benzene rings is 2. The van der Waals surface area contributed by atoms with Crippen molar-refractivity contribution in [3.05, 3.63) is 51.4 Å². The van der Waals surface area contributed by atoms with Gasteiger partial charge < -0.3 is 4.74 Å². The van der Waals surface area contributed by atoms with Crippen LogP contribution in [0.25, 0.3) is 0 Å². The van der Waals surface area contributed by atoms with Crippen LogP contribution in [0.1, 0.15) is 0 Å². The Morgan fingerprint density at radius 2 is 1.70 bits per heavy atom. The SMILES string of the molecule is COc1ccc(NS(=O)(=O)c2ccc(Br)cc2Br)cc1. The van der Waals surface area contributed by atoms with Crippen LogP contribution < -0.4 is 9.46 Å². The zero-order valence-electron chi connectivity index (χ0n) is 10.4. The maximum Gasteiger partial charge on any atom is 0.263 e. The van der Waals surface area contributed by atoms with Crippen molar-refractivity contribution >= 4 is 47.6 Å². The standard InChI is InChI=1S/C13H11Br2NO3S/c1-19-11-5-3-10(4-6-11)16-20(17,18)13-7-2-9(14)8-12(13)15/h2-8,16H,1H3. The minimum Gasteiger partial charge on any atom is -0.497 e. The summed E-state index contributed by atoms with van der Waals surface area (Å²) in [5.41, 5.74) is 0.473. The summed E-state index contributed by atoms with van der Waals surface area (Å²) in [5.74, 6) is 0.665. The predicted molar refractivity (Wildman–Crippen MR) is 85.6 cm³/mol. The normalized spacial score (nSPS) is 11.2. The van der Waals surface area contributed by atoms with E-state index in [9.17, 15) is 8.42 Å². The second-order valence-corrected chi connectivity index (χ2v) is 7.33. The van der Waals surface area contributed by atoms with Crippen LogP contribution in [0.3, 0.4) is 0 Å². The number of hydrogen-bond donors (Lipinski definition) is 1. The number of halogens is 2. The van der Waals surface area contributed by atoms with Gasteiger partial charge in [-0.3, -0.25) is 4.72 Å². The first kappa shape index (κ1) is 15.3. The lowest BCUT2D eigenvalue weighted by molar-refractivity contribution is 0.415. The third kappa shape index (κ3) is 3.53. The van der Waals surface area contributed by atoms with Crippen molar-refractivity contribution in [3.8, 4) is 5.75 Å². The van der Waals surface area contributed by atoms with E-state index in [2.05, 4.69) is 36.6 Å². The maximum absolute atomic E-state index is 12.3. The third-order valence-corrected chi connectivity index (χ3v) is 5.38. The van der Waals surface area contributed by atoms with Crippen molar-refractivity contribution in [3.63, 3.8) is 0 Å². The number of hydrogen-bond acceptors (Lipinski definition) is 3. The number of rotatable bonds is 4. The van der Waals surface area contributed by atoms with E-state index >= 15 is 0 Å². The second-order valence-electron chi connectivity index (χ2n) is 3.91. The first-order valence-electron chi connectivity index (χ1n) is 5.54. The topological polar surface area (TPSA) is 55.4 Å². The Balaban J connectivity index is 2.30.